The largest absolute Gasteiger partial charge is 0.482 e. The minimum Gasteiger partial charge on any atom is -0.482 e. The molecule has 2 heterocycles. The van der Waals surface area contributed by atoms with Crippen LogP contribution in [0.2, 0.25) is 0 Å². The van der Waals surface area contributed by atoms with Crippen molar-refractivity contribution in [3.63, 3.8) is 0 Å². The number of morpholine rings is 1. The molecule has 6 nitrogen and oxygen atoms in total. The van der Waals surface area contributed by atoms with Gasteiger partial charge in [-0.2, -0.15) is 26.3 Å². The van der Waals surface area contributed by atoms with Crippen molar-refractivity contribution in [3.05, 3.63) is 60.4 Å². The third-order valence-corrected chi connectivity index (χ3v) is 8.92. The highest BCUT2D eigenvalue weighted by Crippen LogP contribution is 2.34. The number of hydrogen-bond acceptors (Lipinski definition) is 6. The van der Waals surface area contributed by atoms with Crippen molar-refractivity contribution >= 4 is 34.0 Å². The highest BCUT2D eigenvalue weighted by molar-refractivity contribution is 7.98. The SMILES string of the molecule is CSc1ccc(NCC#Cc2cc3c(N[C@H]4CC[C@@H](/C=C/N5CCOCC5)CC4)cccc3n2CC(F)(F)F)c(OCC(F)(F)F)c1. The number of allylic oxidation sites excluding steroid dienone is 1. The lowest BCUT2D eigenvalue weighted by atomic mass is 9.86. The topological polar surface area (TPSA) is 50.7 Å². The Hall–Kier alpha value is -3.63. The number of fused-ring (bicyclic) bond motifs is 1. The fraction of sp³-hybridized carbons (Fsp3) is 0.471. The summed E-state index contributed by atoms with van der Waals surface area (Å²) in [4.78, 5) is 3.00. The van der Waals surface area contributed by atoms with Gasteiger partial charge in [0.15, 0.2) is 6.61 Å². The Morgan fingerprint density at radius 1 is 0.979 bits per heavy atom. The normalized spacial score (nSPS) is 19.1. The lowest BCUT2D eigenvalue weighted by molar-refractivity contribution is -0.153. The molecule has 0 atom stereocenters. The Balaban J connectivity index is 1.28. The Kier molecular flexibility index (Phi) is 11.5. The van der Waals surface area contributed by atoms with Gasteiger partial charge in [-0.3, -0.25) is 0 Å². The summed E-state index contributed by atoms with van der Waals surface area (Å²) >= 11 is 1.35. The molecule has 1 aromatic heterocycles. The molecule has 2 aliphatic rings. The first-order valence-corrected chi connectivity index (χ1v) is 16.8. The molecule has 2 aromatic carbocycles. The summed E-state index contributed by atoms with van der Waals surface area (Å²) in [7, 11) is 0. The number of benzene rings is 2. The molecule has 0 amide bonds. The number of nitrogens with zero attached hydrogens (tertiary/aromatic N) is 2. The summed E-state index contributed by atoms with van der Waals surface area (Å²) in [5.74, 6) is 6.19. The molecule has 0 spiro atoms. The molecule has 0 bridgehead atoms. The maximum atomic E-state index is 13.7. The zero-order valence-corrected chi connectivity index (χ0v) is 26.8. The first kappa shape index (κ1) is 34.7. The van der Waals surface area contributed by atoms with E-state index in [-0.39, 0.29) is 24.0 Å². The third-order valence-electron chi connectivity index (χ3n) is 8.19. The van der Waals surface area contributed by atoms with Crippen molar-refractivity contribution in [2.24, 2.45) is 5.92 Å². The molecule has 254 valence electrons. The molecule has 0 radical (unpaired) electrons. The number of rotatable bonds is 10. The van der Waals surface area contributed by atoms with Crippen LogP contribution >= 0.6 is 11.8 Å². The zero-order chi connectivity index (χ0) is 33.4. The van der Waals surface area contributed by atoms with Gasteiger partial charge in [0.2, 0.25) is 0 Å². The third kappa shape index (κ3) is 10.2. The average Bonchev–Trinajstić information content (AvgIpc) is 3.38. The molecule has 1 saturated carbocycles. The lowest BCUT2D eigenvalue weighted by Gasteiger charge is -2.30. The zero-order valence-electron chi connectivity index (χ0n) is 26.0. The number of alkyl halides is 6. The molecule has 2 N–H and O–H groups in total. The molecule has 5 rings (SSSR count). The first-order chi connectivity index (χ1) is 22.5. The standard InChI is InChI=1S/C34H38F6N4O2S/c1-47-27-11-12-30(32(21-27)46-23-34(38,39)40)41-14-3-4-26-20-28-29(5-2-6-31(28)44(26)22-33(35,36)37)42-25-9-7-24(8-10-25)13-15-43-16-18-45-19-17-43/h2,5-6,11-13,15,20-21,24-25,41-42H,7-10,14,16-19,22-23H2,1H3/b15-13+/t24-,25+. The van der Waals surface area contributed by atoms with Crippen LogP contribution in [0.15, 0.2) is 59.6 Å². The average molecular weight is 681 g/mol. The lowest BCUT2D eigenvalue weighted by Crippen LogP contribution is -2.32. The van der Waals surface area contributed by atoms with Crippen LogP contribution in [0.3, 0.4) is 0 Å². The second kappa shape index (κ2) is 15.5. The van der Waals surface area contributed by atoms with E-state index in [9.17, 15) is 26.3 Å². The second-order valence-electron chi connectivity index (χ2n) is 11.6. The van der Waals surface area contributed by atoms with Gasteiger partial charge in [-0.1, -0.05) is 18.1 Å². The van der Waals surface area contributed by atoms with Gasteiger partial charge >= 0.3 is 12.4 Å². The van der Waals surface area contributed by atoms with Gasteiger partial charge in [0, 0.05) is 35.1 Å². The van der Waals surface area contributed by atoms with Crippen molar-refractivity contribution < 1.29 is 35.8 Å². The summed E-state index contributed by atoms with van der Waals surface area (Å²) in [5, 5.41) is 7.17. The molecule has 13 heteroatoms. The Bertz CT molecular complexity index is 1580. The van der Waals surface area contributed by atoms with Crippen LogP contribution in [0.1, 0.15) is 31.4 Å². The van der Waals surface area contributed by atoms with Crippen molar-refractivity contribution in [1.29, 1.82) is 0 Å². The van der Waals surface area contributed by atoms with Crippen LogP contribution < -0.4 is 15.4 Å². The molecule has 1 aliphatic carbocycles. The summed E-state index contributed by atoms with van der Waals surface area (Å²) in [6.07, 6.45) is 1.23. The van der Waals surface area contributed by atoms with Crippen LogP contribution in [-0.2, 0) is 11.3 Å². The van der Waals surface area contributed by atoms with E-state index < -0.39 is 25.5 Å². The van der Waals surface area contributed by atoms with E-state index >= 15 is 0 Å². The van der Waals surface area contributed by atoms with Crippen LogP contribution in [0, 0.1) is 17.8 Å². The smallest absolute Gasteiger partial charge is 0.422 e. The van der Waals surface area contributed by atoms with Crippen molar-refractivity contribution in [1.82, 2.24) is 9.47 Å². The van der Waals surface area contributed by atoms with E-state index in [0.29, 0.717) is 27.4 Å². The molecule has 47 heavy (non-hydrogen) atoms. The van der Waals surface area contributed by atoms with Crippen LogP contribution in [0.4, 0.5) is 37.7 Å². The second-order valence-corrected chi connectivity index (χ2v) is 12.5. The molecular formula is C34H38F6N4O2S. The van der Waals surface area contributed by atoms with Gasteiger partial charge in [0.05, 0.1) is 36.7 Å². The van der Waals surface area contributed by atoms with Crippen molar-refractivity contribution in [3.8, 4) is 17.6 Å². The van der Waals surface area contributed by atoms with Crippen molar-refractivity contribution in [2.75, 3.05) is 56.3 Å². The van der Waals surface area contributed by atoms with Gasteiger partial charge in [-0.15, -0.1) is 11.8 Å². The Morgan fingerprint density at radius 3 is 2.45 bits per heavy atom. The highest BCUT2D eigenvalue weighted by Gasteiger charge is 2.31. The van der Waals surface area contributed by atoms with E-state index in [1.165, 1.54) is 17.8 Å². The number of anilines is 2. The van der Waals surface area contributed by atoms with Gasteiger partial charge in [0.25, 0.3) is 0 Å². The van der Waals surface area contributed by atoms with Crippen molar-refractivity contribution in [2.45, 2.75) is 55.5 Å². The minimum atomic E-state index is -4.51. The van der Waals surface area contributed by atoms with E-state index in [4.69, 9.17) is 9.47 Å². The first-order valence-electron chi connectivity index (χ1n) is 15.5. The summed E-state index contributed by atoms with van der Waals surface area (Å²) in [6.45, 7) is 0.625. The highest BCUT2D eigenvalue weighted by atomic mass is 32.2. The summed E-state index contributed by atoms with van der Waals surface area (Å²) < 4.78 is 91.0. The van der Waals surface area contributed by atoms with Crippen LogP contribution in [0.5, 0.6) is 5.75 Å². The van der Waals surface area contributed by atoms with Crippen LogP contribution in [-0.4, -0.2) is 73.6 Å². The number of thioether (sulfide) groups is 1. The molecule has 1 aliphatic heterocycles. The minimum absolute atomic E-state index is 0.0139. The van der Waals surface area contributed by atoms with E-state index in [1.54, 1.807) is 36.6 Å². The quantitative estimate of drug-likeness (QED) is 0.128. The maximum Gasteiger partial charge on any atom is 0.422 e. The van der Waals surface area contributed by atoms with Gasteiger partial charge in [-0.25, -0.2) is 0 Å². The predicted octanol–water partition coefficient (Wildman–Crippen LogP) is 8.15. The Labute approximate surface area is 274 Å². The molecule has 0 unspecified atom stereocenters. The molecule has 3 aromatic rings. The number of nitrogens with one attached hydrogen (secondary N) is 2. The fourth-order valence-electron chi connectivity index (χ4n) is 5.84. The summed E-state index contributed by atoms with van der Waals surface area (Å²) in [6, 6.07) is 12.0. The predicted molar refractivity (Wildman–Crippen MR) is 174 cm³/mol. The van der Waals surface area contributed by atoms with Gasteiger partial charge in [-0.05, 0) is 86.4 Å². The molecular weight excluding hydrogens is 642 g/mol. The monoisotopic (exact) mass is 680 g/mol. The van der Waals surface area contributed by atoms with E-state index in [1.807, 2.05) is 6.07 Å². The fourth-order valence-corrected chi connectivity index (χ4v) is 6.27. The van der Waals surface area contributed by atoms with Gasteiger partial charge < -0.3 is 29.6 Å². The number of hydrogen-bond donors (Lipinski definition) is 2. The van der Waals surface area contributed by atoms with Gasteiger partial charge in [0.1, 0.15) is 12.3 Å². The number of ether oxygens (including phenoxy) is 2. The number of aromatic nitrogens is 1. The molecule has 2 fully saturated rings. The maximum absolute atomic E-state index is 13.7. The Morgan fingerprint density at radius 2 is 1.74 bits per heavy atom. The molecule has 1 saturated heterocycles. The number of halogens is 6. The summed E-state index contributed by atoms with van der Waals surface area (Å²) in [5.41, 5.74) is 1.67. The van der Waals surface area contributed by atoms with E-state index in [2.05, 4.69) is 39.7 Å². The van der Waals surface area contributed by atoms with E-state index in [0.717, 1.165) is 62.2 Å². The van der Waals surface area contributed by atoms with Crippen LogP contribution in [0.25, 0.3) is 10.9 Å².